The van der Waals surface area contributed by atoms with Crippen LogP contribution in [0.5, 0.6) is 0 Å². The molecule has 0 aliphatic rings. The van der Waals surface area contributed by atoms with Crippen molar-refractivity contribution in [3.05, 3.63) is 0 Å². The van der Waals surface area contributed by atoms with E-state index in [4.69, 9.17) is 4.52 Å². The van der Waals surface area contributed by atoms with Crippen LogP contribution in [0.15, 0.2) is 0 Å². The maximum Gasteiger partial charge on any atom is 0.345 e. The molecule has 164 valence electrons. The molecule has 0 aromatic carbocycles. The van der Waals surface area contributed by atoms with E-state index in [1.165, 1.54) is 96.3 Å². The van der Waals surface area contributed by atoms with Gasteiger partial charge in [0.15, 0.2) is 0 Å². The van der Waals surface area contributed by atoms with Crippen LogP contribution in [0, 0.1) is 0 Å². The topological polar surface area (TPSA) is 32.8 Å². The van der Waals surface area contributed by atoms with E-state index < -0.39 is 7.67 Å². The van der Waals surface area contributed by atoms with Crippen LogP contribution >= 0.6 is 7.67 Å². The summed E-state index contributed by atoms with van der Waals surface area (Å²) in [7, 11) is 4.47. The van der Waals surface area contributed by atoms with Gasteiger partial charge in [-0.3, -0.25) is 4.57 Å². The van der Waals surface area contributed by atoms with Gasteiger partial charge in [0.25, 0.3) is 0 Å². The first kappa shape index (κ1) is 27.1. The molecule has 0 aromatic heterocycles. The minimum absolute atomic E-state index is 0.589. The highest BCUT2D eigenvalue weighted by molar-refractivity contribution is 7.53. The molecular formula is C22H49N2O2P. The summed E-state index contributed by atoms with van der Waals surface area (Å²) in [5, 5.41) is 0. The van der Waals surface area contributed by atoms with E-state index in [-0.39, 0.29) is 0 Å². The van der Waals surface area contributed by atoms with Gasteiger partial charge in [0.05, 0.1) is 6.61 Å². The molecule has 0 radical (unpaired) electrons. The Morgan fingerprint density at radius 2 is 0.852 bits per heavy atom. The second-order valence-corrected chi connectivity index (χ2v) is 11.2. The quantitative estimate of drug-likeness (QED) is 0.155. The van der Waals surface area contributed by atoms with Crippen LogP contribution in [0.4, 0.5) is 0 Å². The zero-order valence-electron chi connectivity index (χ0n) is 19.2. The first-order valence-electron chi connectivity index (χ1n) is 11.5. The fraction of sp³-hybridized carbons (Fsp3) is 1.00. The lowest BCUT2D eigenvalue weighted by molar-refractivity contribution is 0.239. The summed E-state index contributed by atoms with van der Waals surface area (Å²) < 4.78 is 21.7. The Morgan fingerprint density at radius 3 is 1.15 bits per heavy atom. The molecule has 0 amide bonds. The van der Waals surface area contributed by atoms with Crippen molar-refractivity contribution in [3.63, 3.8) is 0 Å². The average Bonchev–Trinajstić information content (AvgIpc) is 2.63. The van der Waals surface area contributed by atoms with E-state index in [0.29, 0.717) is 6.61 Å². The molecule has 27 heavy (non-hydrogen) atoms. The van der Waals surface area contributed by atoms with Gasteiger partial charge in [-0.25, -0.2) is 9.34 Å². The Balaban J connectivity index is 3.31. The summed E-state index contributed by atoms with van der Waals surface area (Å²) in [6.45, 7) is 2.87. The predicted molar refractivity (Wildman–Crippen MR) is 120 cm³/mol. The van der Waals surface area contributed by atoms with Crippen LogP contribution in [0.2, 0.25) is 0 Å². The van der Waals surface area contributed by atoms with Gasteiger partial charge >= 0.3 is 7.67 Å². The third-order valence-electron chi connectivity index (χ3n) is 5.27. The molecule has 0 unspecified atom stereocenters. The molecule has 0 N–H and O–H groups in total. The second-order valence-electron chi connectivity index (χ2n) is 8.32. The normalized spacial score (nSPS) is 12.4. The summed E-state index contributed by atoms with van der Waals surface area (Å²) >= 11 is 0. The van der Waals surface area contributed by atoms with Crippen molar-refractivity contribution < 1.29 is 9.09 Å². The second kappa shape index (κ2) is 18.2. The Kier molecular flexibility index (Phi) is 18.2. The fourth-order valence-corrected chi connectivity index (χ4v) is 4.97. The third kappa shape index (κ3) is 14.7. The molecule has 0 aliphatic carbocycles. The third-order valence-corrected chi connectivity index (χ3v) is 7.81. The van der Waals surface area contributed by atoms with Gasteiger partial charge in [0.1, 0.15) is 0 Å². The zero-order chi connectivity index (χ0) is 20.4. The monoisotopic (exact) mass is 404 g/mol. The molecule has 0 rings (SSSR count). The molecule has 0 spiro atoms. The average molecular weight is 405 g/mol. The minimum Gasteiger partial charge on any atom is -0.306 e. The largest absolute Gasteiger partial charge is 0.345 e. The molecule has 0 bridgehead atoms. The minimum atomic E-state index is -2.79. The van der Waals surface area contributed by atoms with Crippen LogP contribution < -0.4 is 0 Å². The lowest BCUT2D eigenvalue weighted by Crippen LogP contribution is -2.23. The summed E-state index contributed by atoms with van der Waals surface area (Å²) in [6, 6.07) is 0. The highest BCUT2D eigenvalue weighted by atomic mass is 31.2. The summed E-state index contributed by atoms with van der Waals surface area (Å²) in [4.78, 5) is 0. The summed E-state index contributed by atoms with van der Waals surface area (Å²) in [6.07, 6.45) is 21.8. The van der Waals surface area contributed by atoms with Gasteiger partial charge in [-0.15, -0.1) is 0 Å². The smallest absolute Gasteiger partial charge is 0.306 e. The summed E-state index contributed by atoms with van der Waals surface area (Å²) in [5.74, 6) is 0. The molecule has 0 aromatic rings. The molecule has 0 atom stereocenters. The van der Waals surface area contributed by atoms with Crippen molar-refractivity contribution in [1.29, 1.82) is 0 Å². The lowest BCUT2D eigenvalue weighted by Gasteiger charge is -2.29. The number of nitrogens with zero attached hydrogens (tertiary/aromatic N) is 2. The highest BCUT2D eigenvalue weighted by Crippen LogP contribution is 2.50. The van der Waals surface area contributed by atoms with Crippen molar-refractivity contribution in [2.24, 2.45) is 0 Å². The lowest BCUT2D eigenvalue weighted by atomic mass is 10.0. The first-order chi connectivity index (χ1) is 12.9. The zero-order valence-corrected chi connectivity index (χ0v) is 20.1. The van der Waals surface area contributed by atoms with Crippen molar-refractivity contribution in [1.82, 2.24) is 9.34 Å². The standard InChI is InChI=1S/C22H49N2O2P/c1-6-7-8-9-10-11-12-13-14-15-16-17-18-19-20-21-22-26-27(25,23(2)3)24(4)5/h6-22H2,1-5H3. The Labute approximate surface area is 171 Å². The van der Waals surface area contributed by atoms with Gasteiger partial charge < -0.3 is 4.52 Å². The van der Waals surface area contributed by atoms with Crippen molar-refractivity contribution in [2.75, 3.05) is 34.8 Å². The van der Waals surface area contributed by atoms with Gasteiger partial charge in [-0.1, -0.05) is 103 Å². The molecule has 4 nitrogen and oxygen atoms in total. The first-order valence-corrected chi connectivity index (χ1v) is 13.1. The van der Waals surface area contributed by atoms with Crippen molar-refractivity contribution in [3.8, 4) is 0 Å². The molecule has 5 heteroatoms. The van der Waals surface area contributed by atoms with E-state index in [0.717, 1.165) is 6.42 Å². The number of hydrogen-bond acceptors (Lipinski definition) is 2. The molecule has 0 heterocycles. The van der Waals surface area contributed by atoms with Gasteiger partial charge in [-0.2, -0.15) is 0 Å². The molecule has 0 saturated carbocycles. The summed E-state index contributed by atoms with van der Waals surface area (Å²) in [5.41, 5.74) is 0. The molecule has 0 aliphatic heterocycles. The van der Waals surface area contributed by atoms with E-state index in [9.17, 15) is 4.57 Å². The van der Waals surface area contributed by atoms with Crippen molar-refractivity contribution in [2.45, 2.75) is 110 Å². The molecular weight excluding hydrogens is 355 g/mol. The van der Waals surface area contributed by atoms with Crippen LogP contribution in [0.1, 0.15) is 110 Å². The number of rotatable bonds is 20. The van der Waals surface area contributed by atoms with Gasteiger partial charge in [0.2, 0.25) is 0 Å². The van der Waals surface area contributed by atoms with Gasteiger partial charge in [-0.05, 0) is 34.6 Å². The van der Waals surface area contributed by atoms with Crippen LogP contribution in [0.25, 0.3) is 0 Å². The Hall–Kier alpha value is 0.110. The van der Waals surface area contributed by atoms with Crippen molar-refractivity contribution >= 4 is 7.67 Å². The van der Waals surface area contributed by atoms with E-state index in [2.05, 4.69) is 6.92 Å². The fourth-order valence-electron chi connectivity index (χ4n) is 3.42. The predicted octanol–water partition coefficient (Wildman–Crippen LogP) is 7.50. The maximum atomic E-state index is 12.6. The molecule has 0 saturated heterocycles. The van der Waals surface area contributed by atoms with E-state index in [1.54, 1.807) is 9.34 Å². The van der Waals surface area contributed by atoms with Crippen LogP contribution in [-0.2, 0) is 9.09 Å². The van der Waals surface area contributed by atoms with E-state index >= 15 is 0 Å². The molecule has 0 fully saturated rings. The van der Waals surface area contributed by atoms with E-state index in [1.807, 2.05) is 28.2 Å². The highest BCUT2D eigenvalue weighted by Gasteiger charge is 2.28. The van der Waals surface area contributed by atoms with Gasteiger partial charge in [0, 0.05) is 0 Å². The number of hydrogen-bond donors (Lipinski definition) is 0. The maximum absolute atomic E-state index is 12.6. The van der Waals surface area contributed by atoms with Crippen LogP contribution in [0.3, 0.4) is 0 Å². The van der Waals surface area contributed by atoms with Crippen LogP contribution in [-0.4, -0.2) is 44.1 Å². The SMILES string of the molecule is CCCCCCCCCCCCCCCCCCOP(=O)(N(C)C)N(C)C. The number of unbranched alkanes of at least 4 members (excludes halogenated alkanes) is 15. The Morgan fingerprint density at radius 1 is 0.556 bits per heavy atom. The Bertz CT molecular complexity index is 350.